The molecule has 0 aliphatic rings. The van der Waals surface area contributed by atoms with Gasteiger partial charge in [0, 0.05) is 32.6 Å². The molecule has 0 fully saturated rings. The molecule has 0 amide bonds. The molecule has 0 spiro atoms. The van der Waals surface area contributed by atoms with Gasteiger partial charge in [-0.1, -0.05) is 0 Å². The largest absolute Gasteiger partial charge is 0.395 e. The van der Waals surface area contributed by atoms with Gasteiger partial charge in [0.2, 0.25) is 0 Å². The monoisotopic (exact) mass is 320 g/mol. The topological polar surface area (TPSA) is 66.6 Å². The molecular formula is C11H17BrN2O2S. The first kappa shape index (κ1) is 14.8. The van der Waals surface area contributed by atoms with Crippen molar-refractivity contribution in [2.45, 2.75) is 6.42 Å². The Kier molecular flexibility index (Phi) is 6.91. The number of nitrogens with two attached hydrogens (primary N) is 1. The van der Waals surface area contributed by atoms with Gasteiger partial charge >= 0.3 is 0 Å². The minimum atomic E-state index is 0.0960. The van der Waals surface area contributed by atoms with Crippen molar-refractivity contribution in [3.63, 3.8) is 0 Å². The summed E-state index contributed by atoms with van der Waals surface area (Å²) in [5.41, 5.74) is 5.47. The number of rotatable bonds is 8. The molecule has 0 aromatic carbocycles. The van der Waals surface area contributed by atoms with Crippen molar-refractivity contribution in [3.8, 4) is 0 Å². The summed E-state index contributed by atoms with van der Waals surface area (Å²) in [6.45, 7) is 2.56. The second kappa shape index (κ2) is 7.94. The standard InChI is InChI=1S/C11H17BrN2O2S/c12-11-2-1-10(17-11)9(16)3-5-14(6-4-13)7-8-15/h1-2,15H,3-8,13H2. The molecule has 1 aromatic rings. The normalized spacial score (nSPS) is 11.1. The summed E-state index contributed by atoms with van der Waals surface area (Å²) >= 11 is 4.79. The van der Waals surface area contributed by atoms with Crippen molar-refractivity contribution in [2.75, 3.05) is 32.8 Å². The van der Waals surface area contributed by atoms with Crippen molar-refractivity contribution < 1.29 is 9.90 Å². The van der Waals surface area contributed by atoms with E-state index in [2.05, 4.69) is 15.9 Å². The maximum absolute atomic E-state index is 11.8. The lowest BCUT2D eigenvalue weighted by molar-refractivity contribution is 0.0962. The van der Waals surface area contributed by atoms with Gasteiger partial charge in [0.25, 0.3) is 0 Å². The molecular weight excluding hydrogens is 304 g/mol. The Morgan fingerprint density at radius 3 is 2.71 bits per heavy atom. The van der Waals surface area contributed by atoms with Gasteiger partial charge in [-0.2, -0.15) is 0 Å². The predicted molar refractivity (Wildman–Crippen MR) is 73.5 cm³/mol. The SMILES string of the molecule is NCCN(CCO)CCC(=O)c1ccc(Br)s1. The zero-order chi connectivity index (χ0) is 12.7. The van der Waals surface area contributed by atoms with Crippen molar-refractivity contribution in [3.05, 3.63) is 20.8 Å². The molecule has 0 saturated carbocycles. The fraction of sp³-hybridized carbons (Fsp3) is 0.545. The Morgan fingerprint density at radius 1 is 1.41 bits per heavy atom. The first-order valence-electron chi connectivity index (χ1n) is 5.49. The molecule has 17 heavy (non-hydrogen) atoms. The zero-order valence-electron chi connectivity index (χ0n) is 9.56. The van der Waals surface area contributed by atoms with Crippen LogP contribution >= 0.6 is 27.3 Å². The molecule has 96 valence electrons. The van der Waals surface area contributed by atoms with Gasteiger partial charge < -0.3 is 10.8 Å². The summed E-state index contributed by atoms with van der Waals surface area (Å²) in [6.07, 6.45) is 0.465. The van der Waals surface area contributed by atoms with Gasteiger partial charge in [-0.25, -0.2) is 0 Å². The Bertz CT molecular complexity index is 351. The maximum atomic E-state index is 11.8. The third-order valence-corrected chi connectivity index (χ3v) is 4.03. The number of aliphatic hydroxyl groups is 1. The summed E-state index contributed by atoms with van der Waals surface area (Å²) in [5, 5.41) is 8.88. The smallest absolute Gasteiger partial charge is 0.174 e. The molecule has 1 rings (SSSR count). The number of carbonyl (C=O) groups is 1. The van der Waals surface area contributed by atoms with Gasteiger partial charge in [0.15, 0.2) is 5.78 Å². The summed E-state index contributed by atoms with van der Waals surface area (Å²) in [4.78, 5) is 14.6. The average molecular weight is 321 g/mol. The summed E-state index contributed by atoms with van der Waals surface area (Å²) < 4.78 is 0.968. The van der Waals surface area contributed by atoms with Gasteiger partial charge in [0.05, 0.1) is 15.3 Å². The van der Waals surface area contributed by atoms with E-state index in [4.69, 9.17) is 10.8 Å². The lowest BCUT2D eigenvalue weighted by Crippen LogP contribution is -2.33. The number of thiophene rings is 1. The maximum Gasteiger partial charge on any atom is 0.174 e. The van der Waals surface area contributed by atoms with E-state index < -0.39 is 0 Å². The van der Waals surface area contributed by atoms with Gasteiger partial charge in [-0.15, -0.1) is 11.3 Å². The highest BCUT2D eigenvalue weighted by Crippen LogP contribution is 2.23. The van der Waals surface area contributed by atoms with Crippen molar-refractivity contribution >= 4 is 33.0 Å². The molecule has 0 atom stereocenters. The number of hydrogen-bond acceptors (Lipinski definition) is 5. The Labute approximate surface area is 114 Å². The van der Waals surface area contributed by atoms with E-state index in [1.165, 1.54) is 11.3 Å². The summed E-state index contributed by atoms with van der Waals surface area (Å²) in [7, 11) is 0. The van der Waals surface area contributed by atoms with Crippen LogP contribution in [-0.4, -0.2) is 48.6 Å². The second-order valence-corrected chi connectivity index (χ2v) is 6.09. The molecule has 1 aromatic heterocycles. The van der Waals surface area contributed by atoms with Gasteiger partial charge in [0.1, 0.15) is 0 Å². The third-order valence-electron chi connectivity index (χ3n) is 2.36. The number of hydrogen-bond donors (Lipinski definition) is 2. The molecule has 0 aliphatic heterocycles. The minimum absolute atomic E-state index is 0.0960. The lowest BCUT2D eigenvalue weighted by Gasteiger charge is -2.19. The molecule has 3 N–H and O–H groups in total. The van der Waals surface area contributed by atoms with Crippen LogP contribution in [0.5, 0.6) is 0 Å². The van der Waals surface area contributed by atoms with Crippen LogP contribution in [-0.2, 0) is 0 Å². The summed E-state index contributed by atoms with van der Waals surface area (Å²) in [6, 6.07) is 3.71. The fourth-order valence-electron chi connectivity index (χ4n) is 1.51. The van der Waals surface area contributed by atoms with E-state index in [0.29, 0.717) is 32.6 Å². The van der Waals surface area contributed by atoms with Crippen molar-refractivity contribution in [1.29, 1.82) is 0 Å². The zero-order valence-corrected chi connectivity index (χ0v) is 12.0. The van der Waals surface area contributed by atoms with Crippen LogP contribution < -0.4 is 5.73 Å². The summed E-state index contributed by atoms with van der Waals surface area (Å²) in [5.74, 6) is 0.140. The Morgan fingerprint density at radius 2 is 2.18 bits per heavy atom. The highest BCUT2D eigenvalue weighted by molar-refractivity contribution is 9.11. The molecule has 1 heterocycles. The number of carbonyl (C=O) groups excluding carboxylic acids is 1. The van der Waals surface area contributed by atoms with E-state index >= 15 is 0 Å². The lowest BCUT2D eigenvalue weighted by atomic mass is 10.2. The molecule has 0 radical (unpaired) electrons. The third kappa shape index (κ3) is 5.27. The van der Waals surface area contributed by atoms with E-state index in [-0.39, 0.29) is 12.4 Å². The number of aliphatic hydroxyl groups excluding tert-OH is 1. The predicted octanol–water partition coefficient (Wildman–Crippen LogP) is 1.34. The van der Waals surface area contributed by atoms with E-state index in [1.807, 2.05) is 17.0 Å². The Balaban J connectivity index is 2.40. The first-order valence-corrected chi connectivity index (χ1v) is 7.10. The quantitative estimate of drug-likeness (QED) is 0.709. The van der Waals surface area contributed by atoms with E-state index in [0.717, 1.165) is 8.66 Å². The van der Waals surface area contributed by atoms with Crippen LogP contribution in [0.4, 0.5) is 0 Å². The molecule has 4 nitrogen and oxygen atoms in total. The molecule has 0 aliphatic carbocycles. The number of ketones is 1. The van der Waals surface area contributed by atoms with Crippen LogP contribution in [0.2, 0.25) is 0 Å². The van der Waals surface area contributed by atoms with Crippen LogP contribution in [0.25, 0.3) is 0 Å². The van der Waals surface area contributed by atoms with E-state index in [9.17, 15) is 4.79 Å². The first-order chi connectivity index (χ1) is 8.17. The van der Waals surface area contributed by atoms with Crippen molar-refractivity contribution in [1.82, 2.24) is 4.90 Å². The van der Waals surface area contributed by atoms with Crippen molar-refractivity contribution in [2.24, 2.45) is 5.73 Å². The van der Waals surface area contributed by atoms with E-state index in [1.54, 1.807) is 0 Å². The van der Waals surface area contributed by atoms with Gasteiger partial charge in [-0.3, -0.25) is 9.69 Å². The fourth-order valence-corrected chi connectivity index (χ4v) is 2.86. The number of nitrogens with zero attached hydrogens (tertiary/aromatic N) is 1. The number of Topliss-reactive ketones (excluding diaryl/α,β-unsaturated/α-hetero) is 1. The second-order valence-electron chi connectivity index (χ2n) is 3.63. The molecule has 0 bridgehead atoms. The highest BCUT2D eigenvalue weighted by atomic mass is 79.9. The molecule has 0 saturated heterocycles. The minimum Gasteiger partial charge on any atom is -0.395 e. The molecule has 0 unspecified atom stereocenters. The Hall–Kier alpha value is -0.270. The average Bonchev–Trinajstić information content (AvgIpc) is 2.73. The highest BCUT2D eigenvalue weighted by Gasteiger charge is 2.11. The molecule has 6 heteroatoms. The van der Waals surface area contributed by atoms with Crippen LogP contribution in [0, 0.1) is 0 Å². The van der Waals surface area contributed by atoms with Crippen LogP contribution in [0.1, 0.15) is 16.1 Å². The van der Waals surface area contributed by atoms with Crippen LogP contribution in [0.15, 0.2) is 15.9 Å². The number of halogens is 1. The van der Waals surface area contributed by atoms with Gasteiger partial charge in [-0.05, 0) is 28.1 Å². The van der Waals surface area contributed by atoms with Crippen LogP contribution in [0.3, 0.4) is 0 Å².